The van der Waals surface area contributed by atoms with Crippen molar-refractivity contribution in [3.05, 3.63) is 12.3 Å². The van der Waals surface area contributed by atoms with E-state index >= 15 is 0 Å². The summed E-state index contributed by atoms with van der Waals surface area (Å²) in [5, 5.41) is 12.1. The molecule has 0 saturated heterocycles. The molecule has 0 bridgehead atoms. The SMILES string of the molecule is CCCOc1ccnc(NC(CC)CO)n1. The van der Waals surface area contributed by atoms with Gasteiger partial charge >= 0.3 is 0 Å². The first-order chi connectivity index (χ1) is 7.80. The zero-order valence-electron chi connectivity index (χ0n) is 9.81. The molecule has 5 heteroatoms. The highest BCUT2D eigenvalue weighted by atomic mass is 16.5. The summed E-state index contributed by atoms with van der Waals surface area (Å²) < 4.78 is 5.39. The van der Waals surface area contributed by atoms with Gasteiger partial charge in [-0.05, 0) is 12.8 Å². The van der Waals surface area contributed by atoms with Gasteiger partial charge in [0.1, 0.15) is 0 Å². The molecule has 0 radical (unpaired) electrons. The number of aliphatic hydroxyl groups is 1. The summed E-state index contributed by atoms with van der Waals surface area (Å²) in [4.78, 5) is 8.26. The molecule has 1 unspecified atom stereocenters. The van der Waals surface area contributed by atoms with E-state index in [1.54, 1.807) is 12.3 Å². The highest BCUT2D eigenvalue weighted by Crippen LogP contribution is 2.10. The first-order valence-electron chi connectivity index (χ1n) is 5.63. The van der Waals surface area contributed by atoms with E-state index in [9.17, 15) is 0 Å². The van der Waals surface area contributed by atoms with Gasteiger partial charge in [-0.2, -0.15) is 4.98 Å². The van der Waals surface area contributed by atoms with Crippen LogP contribution in [0.5, 0.6) is 5.88 Å². The molecular weight excluding hydrogens is 206 g/mol. The van der Waals surface area contributed by atoms with Gasteiger partial charge in [0.2, 0.25) is 11.8 Å². The molecule has 90 valence electrons. The van der Waals surface area contributed by atoms with Crippen molar-refractivity contribution >= 4 is 5.95 Å². The summed E-state index contributed by atoms with van der Waals surface area (Å²) in [7, 11) is 0. The summed E-state index contributed by atoms with van der Waals surface area (Å²) in [5.74, 6) is 1.06. The lowest BCUT2D eigenvalue weighted by atomic mass is 10.2. The van der Waals surface area contributed by atoms with Gasteiger partial charge in [-0.3, -0.25) is 0 Å². The maximum absolute atomic E-state index is 9.05. The van der Waals surface area contributed by atoms with Crippen LogP contribution in [0, 0.1) is 0 Å². The predicted molar refractivity (Wildman–Crippen MR) is 62.6 cm³/mol. The van der Waals surface area contributed by atoms with Crippen molar-refractivity contribution in [1.82, 2.24) is 9.97 Å². The molecule has 1 aromatic rings. The molecule has 0 spiro atoms. The van der Waals surface area contributed by atoms with Crippen LogP contribution in [0.2, 0.25) is 0 Å². The molecule has 1 aromatic heterocycles. The number of aliphatic hydroxyl groups excluding tert-OH is 1. The Hall–Kier alpha value is -1.36. The Morgan fingerprint density at radius 2 is 2.31 bits per heavy atom. The molecule has 0 aliphatic heterocycles. The van der Waals surface area contributed by atoms with Crippen molar-refractivity contribution in [2.24, 2.45) is 0 Å². The predicted octanol–water partition coefficient (Wildman–Crippen LogP) is 1.45. The highest BCUT2D eigenvalue weighted by Gasteiger charge is 2.06. The standard InChI is InChI=1S/C11H19N3O2/c1-3-7-16-10-5-6-12-11(14-10)13-9(4-2)8-15/h5-6,9,15H,3-4,7-8H2,1-2H3,(H,12,13,14). The second kappa shape index (κ2) is 7.00. The van der Waals surface area contributed by atoms with Gasteiger partial charge in [0.05, 0.1) is 19.3 Å². The summed E-state index contributed by atoms with van der Waals surface area (Å²) in [6, 6.07) is 1.71. The van der Waals surface area contributed by atoms with Gasteiger partial charge in [-0.15, -0.1) is 0 Å². The van der Waals surface area contributed by atoms with Crippen LogP contribution in [0.3, 0.4) is 0 Å². The number of nitrogens with zero attached hydrogens (tertiary/aromatic N) is 2. The van der Waals surface area contributed by atoms with Gasteiger partial charge in [0, 0.05) is 12.3 Å². The quantitative estimate of drug-likeness (QED) is 0.735. The molecule has 0 aliphatic rings. The third-order valence-electron chi connectivity index (χ3n) is 2.13. The van der Waals surface area contributed by atoms with Crippen molar-refractivity contribution < 1.29 is 9.84 Å². The number of anilines is 1. The van der Waals surface area contributed by atoms with Gasteiger partial charge in [0.25, 0.3) is 0 Å². The maximum atomic E-state index is 9.05. The number of hydrogen-bond donors (Lipinski definition) is 2. The Morgan fingerprint density at radius 1 is 1.50 bits per heavy atom. The normalized spacial score (nSPS) is 12.2. The number of nitrogens with one attached hydrogen (secondary N) is 1. The van der Waals surface area contributed by atoms with Crippen molar-refractivity contribution in [2.75, 3.05) is 18.5 Å². The van der Waals surface area contributed by atoms with Crippen molar-refractivity contribution in [1.29, 1.82) is 0 Å². The number of rotatable bonds is 7. The largest absolute Gasteiger partial charge is 0.478 e. The lowest BCUT2D eigenvalue weighted by Gasteiger charge is -2.14. The Bertz CT molecular complexity index is 303. The zero-order chi connectivity index (χ0) is 11.8. The van der Waals surface area contributed by atoms with Crippen molar-refractivity contribution in [2.45, 2.75) is 32.7 Å². The first kappa shape index (κ1) is 12.7. The molecule has 16 heavy (non-hydrogen) atoms. The van der Waals surface area contributed by atoms with E-state index in [1.165, 1.54) is 0 Å². The highest BCUT2D eigenvalue weighted by molar-refractivity contribution is 5.28. The minimum atomic E-state index is -0.0126. The Labute approximate surface area is 95.9 Å². The van der Waals surface area contributed by atoms with Crippen LogP contribution in [0.4, 0.5) is 5.95 Å². The van der Waals surface area contributed by atoms with Gasteiger partial charge < -0.3 is 15.2 Å². The second-order valence-corrected chi connectivity index (χ2v) is 3.50. The molecule has 0 aliphatic carbocycles. The molecule has 5 nitrogen and oxygen atoms in total. The van der Waals surface area contributed by atoms with Crippen LogP contribution in [-0.2, 0) is 0 Å². The van der Waals surface area contributed by atoms with Crippen LogP contribution in [0.15, 0.2) is 12.3 Å². The van der Waals surface area contributed by atoms with E-state index < -0.39 is 0 Å². The maximum Gasteiger partial charge on any atom is 0.226 e. The molecule has 1 atom stereocenters. The third-order valence-corrected chi connectivity index (χ3v) is 2.13. The molecule has 0 saturated carbocycles. The Morgan fingerprint density at radius 3 is 2.94 bits per heavy atom. The van der Waals surface area contributed by atoms with Gasteiger partial charge in [-0.1, -0.05) is 13.8 Å². The fraction of sp³-hybridized carbons (Fsp3) is 0.636. The van der Waals surface area contributed by atoms with E-state index in [0.29, 0.717) is 18.4 Å². The van der Waals surface area contributed by atoms with Gasteiger partial charge in [-0.25, -0.2) is 4.98 Å². The fourth-order valence-electron chi connectivity index (χ4n) is 1.16. The van der Waals surface area contributed by atoms with Crippen LogP contribution in [0.25, 0.3) is 0 Å². The smallest absolute Gasteiger partial charge is 0.226 e. The van der Waals surface area contributed by atoms with E-state index in [0.717, 1.165) is 12.8 Å². The van der Waals surface area contributed by atoms with Gasteiger partial charge in [0.15, 0.2) is 0 Å². The number of aromatic nitrogens is 2. The fourth-order valence-corrected chi connectivity index (χ4v) is 1.16. The van der Waals surface area contributed by atoms with E-state index in [-0.39, 0.29) is 12.6 Å². The molecule has 2 N–H and O–H groups in total. The average Bonchev–Trinajstić information content (AvgIpc) is 2.34. The lowest BCUT2D eigenvalue weighted by molar-refractivity contribution is 0.271. The number of hydrogen-bond acceptors (Lipinski definition) is 5. The molecule has 0 amide bonds. The minimum absolute atomic E-state index is 0.0126. The molecule has 0 aromatic carbocycles. The summed E-state index contributed by atoms with van der Waals surface area (Å²) in [5.41, 5.74) is 0. The van der Waals surface area contributed by atoms with E-state index in [2.05, 4.69) is 15.3 Å². The van der Waals surface area contributed by atoms with Crippen LogP contribution < -0.4 is 10.1 Å². The Kier molecular flexibility index (Phi) is 5.56. The molecule has 1 heterocycles. The third kappa shape index (κ3) is 4.02. The van der Waals surface area contributed by atoms with Crippen molar-refractivity contribution in [3.63, 3.8) is 0 Å². The summed E-state index contributed by atoms with van der Waals surface area (Å²) in [6.45, 7) is 4.75. The van der Waals surface area contributed by atoms with E-state index in [1.807, 2.05) is 13.8 Å². The zero-order valence-corrected chi connectivity index (χ0v) is 9.81. The molecular formula is C11H19N3O2. The topological polar surface area (TPSA) is 67.3 Å². The average molecular weight is 225 g/mol. The monoisotopic (exact) mass is 225 g/mol. The molecule has 1 rings (SSSR count). The van der Waals surface area contributed by atoms with Crippen LogP contribution >= 0.6 is 0 Å². The lowest BCUT2D eigenvalue weighted by Crippen LogP contribution is -2.23. The van der Waals surface area contributed by atoms with Crippen LogP contribution in [-0.4, -0.2) is 34.3 Å². The summed E-state index contributed by atoms with van der Waals surface area (Å²) in [6.07, 6.45) is 3.41. The minimum Gasteiger partial charge on any atom is -0.478 e. The molecule has 0 fully saturated rings. The van der Waals surface area contributed by atoms with E-state index in [4.69, 9.17) is 9.84 Å². The Balaban J connectivity index is 2.59. The number of ether oxygens (including phenoxy) is 1. The first-order valence-corrected chi connectivity index (χ1v) is 5.63. The summed E-state index contributed by atoms with van der Waals surface area (Å²) >= 11 is 0. The second-order valence-electron chi connectivity index (χ2n) is 3.50. The van der Waals surface area contributed by atoms with Crippen molar-refractivity contribution in [3.8, 4) is 5.88 Å². The van der Waals surface area contributed by atoms with Crippen LogP contribution in [0.1, 0.15) is 26.7 Å².